The van der Waals surface area contributed by atoms with Crippen molar-refractivity contribution in [3.8, 4) is 22.8 Å². The van der Waals surface area contributed by atoms with Gasteiger partial charge in [0.1, 0.15) is 17.5 Å². The SMILES string of the molecule is COc1cccc(OC)c1-c1cc(C(=O)N[C@@H](CCc2ccccc2)C(=O)N(C)CCN(C)C)nn1CC(C)C.Cl. The van der Waals surface area contributed by atoms with Gasteiger partial charge in [0.2, 0.25) is 5.91 Å². The molecule has 2 aromatic carbocycles. The van der Waals surface area contributed by atoms with Crippen LogP contribution in [0.4, 0.5) is 0 Å². The second kappa shape index (κ2) is 16.0. The van der Waals surface area contributed by atoms with E-state index in [9.17, 15) is 9.59 Å². The summed E-state index contributed by atoms with van der Waals surface area (Å²) in [6.45, 7) is 6.06. The third-order valence-electron chi connectivity index (χ3n) is 6.66. The first-order valence-corrected chi connectivity index (χ1v) is 13.7. The molecule has 41 heavy (non-hydrogen) atoms. The van der Waals surface area contributed by atoms with Crippen molar-refractivity contribution in [2.45, 2.75) is 39.3 Å². The molecule has 10 heteroatoms. The van der Waals surface area contributed by atoms with Crippen molar-refractivity contribution in [3.63, 3.8) is 0 Å². The van der Waals surface area contributed by atoms with Gasteiger partial charge in [-0.3, -0.25) is 14.3 Å². The lowest BCUT2D eigenvalue weighted by atomic mass is 10.0. The highest BCUT2D eigenvalue weighted by molar-refractivity contribution is 5.97. The molecular formula is C31H44ClN5O4. The average molecular weight is 586 g/mol. The van der Waals surface area contributed by atoms with Crippen molar-refractivity contribution in [1.82, 2.24) is 24.9 Å². The van der Waals surface area contributed by atoms with Crippen LogP contribution in [-0.4, -0.2) is 85.9 Å². The van der Waals surface area contributed by atoms with Crippen molar-refractivity contribution < 1.29 is 19.1 Å². The van der Waals surface area contributed by atoms with Gasteiger partial charge in [0, 0.05) is 26.7 Å². The fourth-order valence-corrected chi connectivity index (χ4v) is 4.49. The average Bonchev–Trinajstić information content (AvgIpc) is 3.36. The van der Waals surface area contributed by atoms with Crippen molar-refractivity contribution in [1.29, 1.82) is 0 Å². The van der Waals surface area contributed by atoms with E-state index in [1.807, 2.05) is 72.2 Å². The molecule has 0 fully saturated rings. The molecule has 1 aromatic heterocycles. The summed E-state index contributed by atoms with van der Waals surface area (Å²) >= 11 is 0. The van der Waals surface area contributed by atoms with Gasteiger partial charge in [-0.1, -0.05) is 50.2 Å². The zero-order valence-corrected chi connectivity index (χ0v) is 26.0. The van der Waals surface area contributed by atoms with Crippen LogP contribution in [-0.2, 0) is 17.8 Å². The first kappa shape index (κ1) is 33.6. The molecule has 0 aliphatic heterocycles. The van der Waals surface area contributed by atoms with Crippen molar-refractivity contribution in [3.05, 3.63) is 65.9 Å². The maximum atomic E-state index is 13.6. The van der Waals surface area contributed by atoms with E-state index in [1.165, 1.54) is 0 Å². The lowest BCUT2D eigenvalue weighted by Crippen LogP contribution is -2.49. The summed E-state index contributed by atoms with van der Waals surface area (Å²) in [5.74, 6) is 0.995. The van der Waals surface area contributed by atoms with Crippen LogP contribution in [0.5, 0.6) is 11.5 Å². The Bertz CT molecular complexity index is 1240. The number of nitrogens with zero attached hydrogens (tertiary/aromatic N) is 4. The largest absolute Gasteiger partial charge is 0.496 e. The first-order valence-electron chi connectivity index (χ1n) is 13.7. The molecule has 0 radical (unpaired) electrons. The molecule has 0 unspecified atom stereocenters. The Kier molecular flexibility index (Phi) is 13.2. The minimum atomic E-state index is -0.695. The number of methoxy groups -OCH3 is 2. The molecule has 224 valence electrons. The zero-order chi connectivity index (χ0) is 29.2. The fourth-order valence-electron chi connectivity index (χ4n) is 4.49. The molecule has 9 nitrogen and oxygen atoms in total. The van der Waals surface area contributed by atoms with Gasteiger partial charge in [-0.15, -0.1) is 12.4 Å². The predicted octanol–water partition coefficient (Wildman–Crippen LogP) is 4.40. The molecule has 0 spiro atoms. The molecule has 3 rings (SSSR count). The van der Waals surface area contributed by atoms with Crippen LogP contribution in [0.25, 0.3) is 11.3 Å². The predicted molar refractivity (Wildman–Crippen MR) is 165 cm³/mol. The van der Waals surface area contributed by atoms with E-state index in [0.29, 0.717) is 43.1 Å². The van der Waals surface area contributed by atoms with Crippen molar-refractivity contribution >= 4 is 24.2 Å². The summed E-state index contributed by atoms with van der Waals surface area (Å²) in [7, 11) is 8.91. The van der Waals surface area contributed by atoms with E-state index in [4.69, 9.17) is 9.47 Å². The van der Waals surface area contributed by atoms with E-state index in [0.717, 1.165) is 17.7 Å². The lowest BCUT2D eigenvalue weighted by molar-refractivity contribution is -0.132. The molecular weight excluding hydrogens is 542 g/mol. The number of halogens is 1. The zero-order valence-electron chi connectivity index (χ0n) is 25.2. The summed E-state index contributed by atoms with van der Waals surface area (Å²) in [6.07, 6.45) is 1.13. The normalized spacial score (nSPS) is 11.6. The molecule has 0 saturated carbocycles. The summed E-state index contributed by atoms with van der Waals surface area (Å²) in [4.78, 5) is 30.8. The number of amides is 2. The highest BCUT2D eigenvalue weighted by atomic mass is 35.5. The maximum absolute atomic E-state index is 13.6. The molecule has 0 bridgehead atoms. The molecule has 1 heterocycles. The van der Waals surface area contributed by atoms with Gasteiger partial charge in [0.05, 0.1) is 25.5 Å². The Morgan fingerprint density at radius 3 is 2.15 bits per heavy atom. The number of hydrogen-bond acceptors (Lipinski definition) is 6. The number of aryl methyl sites for hydroxylation is 1. The fraction of sp³-hybridized carbons (Fsp3) is 0.452. The third kappa shape index (κ3) is 9.23. The Morgan fingerprint density at radius 1 is 0.951 bits per heavy atom. The van der Waals surface area contributed by atoms with Crippen molar-refractivity contribution in [2.75, 3.05) is 48.5 Å². The molecule has 1 atom stereocenters. The van der Waals surface area contributed by atoms with E-state index in [-0.39, 0.29) is 29.9 Å². The standard InChI is InChI=1S/C31H43N5O4.ClH/c1-22(2)21-36-26(29-27(39-6)14-11-15-28(29)40-7)20-25(33-36)30(37)32-24(17-16-23-12-9-8-10-13-23)31(38)35(5)19-18-34(3)4;/h8-15,20,22,24H,16-19,21H2,1-7H3,(H,32,37);1H/t24-;/m0./s1. The highest BCUT2D eigenvalue weighted by Gasteiger charge is 2.27. The molecule has 0 saturated heterocycles. The number of aromatic nitrogens is 2. The van der Waals surface area contributed by atoms with Crippen molar-refractivity contribution in [2.24, 2.45) is 5.92 Å². The Morgan fingerprint density at radius 2 is 1.59 bits per heavy atom. The number of benzene rings is 2. The third-order valence-corrected chi connectivity index (χ3v) is 6.66. The van der Waals surface area contributed by atoms with Crippen LogP contribution >= 0.6 is 12.4 Å². The molecule has 1 N–H and O–H groups in total. The van der Waals surface area contributed by atoms with Crippen LogP contribution in [0.1, 0.15) is 36.3 Å². The van der Waals surface area contributed by atoms with E-state index in [2.05, 4.69) is 24.3 Å². The number of ether oxygens (including phenoxy) is 2. The van der Waals surface area contributed by atoms with Crippen LogP contribution in [0.15, 0.2) is 54.6 Å². The summed E-state index contributed by atoms with van der Waals surface area (Å²) in [6, 6.07) is 16.6. The molecule has 2 amide bonds. The second-order valence-electron chi connectivity index (χ2n) is 10.6. The Hall–Kier alpha value is -3.56. The van der Waals surface area contributed by atoms with Crippen LogP contribution < -0.4 is 14.8 Å². The monoisotopic (exact) mass is 585 g/mol. The summed E-state index contributed by atoms with van der Waals surface area (Å²) in [5.41, 5.74) is 2.78. The van der Waals surface area contributed by atoms with Gasteiger partial charge < -0.3 is 24.6 Å². The van der Waals surface area contributed by atoms with Gasteiger partial charge in [-0.25, -0.2) is 0 Å². The Balaban J connectivity index is 0.00000588. The van der Waals surface area contributed by atoms with Gasteiger partial charge in [-0.05, 0) is 56.6 Å². The summed E-state index contributed by atoms with van der Waals surface area (Å²) < 4.78 is 13.1. The molecule has 3 aromatic rings. The van der Waals surface area contributed by atoms with Gasteiger partial charge in [0.15, 0.2) is 5.69 Å². The number of rotatable bonds is 14. The molecule has 0 aliphatic rings. The minimum Gasteiger partial charge on any atom is -0.496 e. The van der Waals surface area contributed by atoms with Gasteiger partial charge in [0.25, 0.3) is 5.91 Å². The van der Waals surface area contributed by atoms with Gasteiger partial charge in [-0.2, -0.15) is 5.10 Å². The number of nitrogens with one attached hydrogen (secondary N) is 1. The second-order valence-corrected chi connectivity index (χ2v) is 10.6. The smallest absolute Gasteiger partial charge is 0.272 e. The van der Waals surface area contributed by atoms with E-state index >= 15 is 0 Å². The number of likely N-dealkylation sites (N-methyl/N-ethyl adjacent to an activating group) is 2. The van der Waals surface area contributed by atoms with Crippen LogP contribution in [0.2, 0.25) is 0 Å². The number of carbonyl (C=O) groups excluding carboxylic acids is 2. The Labute approximate surface area is 250 Å². The maximum Gasteiger partial charge on any atom is 0.272 e. The van der Waals surface area contributed by atoms with E-state index < -0.39 is 11.9 Å². The summed E-state index contributed by atoms with van der Waals surface area (Å²) in [5, 5.41) is 7.67. The molecule has 0 aliphatic carbocycles. The topological polar surface area (TPSA) is 88.9 Å². The van der Waals surface area contributed by atoms with Crippen LogP contribution in [0.3, 0.4) is 0 Å². The first-order chi connectivity index (χ1) is 19.1. The van der Waals surface area contributed by atoms with E-state index in [1.54, 1.807) is 32.2 Å². The van der Waals surface area contributed by atoms with Gasteiger partial charge >= 0.3 is 0 Å². The lowest BCUT2D eigenvalue weighted by Gasteiger charge is -2.25. The highest BCUT2D eigenvalue weighted by Crippen LogP contribution is 2.38. The minimum absolute atomic E-state index is 0. The van der Waals surface area contributed by atoms with Crippen LogP contribution in [0, 0.1) is 5.92 Å². The number of hydrogen-bond donors (Lipinski definition) is 1. The quantitative estimate of drug-likeness (QED) is 0.302. The number of carbonyl (C=O) groups is 2.